The lowest BCUT2D eigenvalue weighted by Gasteiger charge is -2.15. The molecular weight excluding hydrogens is 376 g/mol. The normalized spacial score (nSPS) is 11.1. The second-order valence-corrected chi connectivity index (χ2v) is 6.82. The molecule has 0 unspecified atom stereocenters. The van der Waals surface area contributed by atoms with Gasteiger partial charge in [0, 0.05) is 11.8 Å². The molecule has 0 saturated carbocycles. The molecule has 1 heterocycles. The number of amides is 1. The van der Waals surface area contributed by atoms with E-state index < -0.39 is 0 Å². The number of methoxy groups -OCH3 is 1. The van der Waals surface area contributed by atoms with Crippen LogP contribution in [0.15, 0.2) is 71.9 Å². The number of carbonyl (C=O) groups is 1. The summed E-state index contributed by atoms with van der Waals surface area (Å²) >= 11 is 0. The number of aliphatic imine (C=N–C) groups is 1. The van der Waals surface area contributed by atoms with E-state index >= 15 is 0 Å². The van der Waals surface area contributed by atoms with Gasteiger partial charge in [0.1, 0.15) is 5.75 Å². The molecule has 0 atom stereocenters. The van der Waals surface area contributed by atoms with Crippen molar-refractivity contribution in [1.82, 2.24) is 10.3 Å². The van der Waals surface area contributed by atoms with Crippen molar-refractivity contribution in [3.8, 4) is 5.75 Å². The van der Waals surface area contributed by atoms with Crippen molar-refractivity contribution >= 4 is 17.6 Å². The van der Waals surface area contributed by atoms with E-state index in [0.29, 0.717) is 23.8 Å². The molecule has 30 heavy (non-hydrogen) atoms. The third-order valence-electron chi connectivity index (χ3n) is 4.59. The molecule has 1 aromatic heterocycles. The highest BCUT2D eigenvalue weighted by Crippen LogP contribution is 2.25. The highest BCUT2D eigenvalue weighted by Gasteiger charge is 2.12. The Kier molecular flexibility index (Phi) is 7.16. The number of nitrogens with zero attached hydrogens (tertiary/aromatic N) is 2. The smallest absolute Gasteiger partial charge is 0.257 e. The molecule has 1 amide bonds. The van der Waals surface area contributed by atoms with Crippen LogP contribution in [0.1, 0.15) is 34.1 Å². The number of pyridine rings is 1. The molecular formula is C24H26N4O2. The van der Waals surface area contributed by atoms with Gasteiger partial charge in [0.25, 0.3) is 5.91 Å². The van der Waals surface area contributed by atoms with Gasteiger partial charge in [-0.3, -0.25) is 15.1 Å². The minimum atomic E-state index is -0.239. The number of aromatic nitrogens is 1. The topological polar surface area (TPSA) is 75.6 Å². The van der Waals surface area contributed by atoms with Crippen molar-refractivity contribution in [2.24, 2.45) is 4.99 Å². The molecule has 0 saturated heterocycles. The minimum Gasteiger partial charge on any atom is -0.495 e. The van der Waals surface area contributed by atoms with Crippen molar-refractivity contribution in [2.45, 2.75) is 26.8 Å². The van der Waals surface area contributed by atoms with Crippen LogP contribution in [0, 0.1) is 6.92 Å². The molecule has 6 heteroatoms. The van der Waals surface area contributed by atoms with Gasteiger partial charge in [0.05, 0.1) is 25.0 Å². The highest BCUT2D eigenvalue weighted by atomic mass is 16.5. The van der Waals surface area contributed by atoms with Crippen LogP contribution in [0.25, 0.3) is 0 Å². The van der Waals surface area contributed by atoms with Gasteiger partial charge in [-0.15, -0.1) is 0 Å². The predicted molar refractivity (Wildman–Crippen MR) is 120 cm³/mol. The Balaban J connectivity index is 1.85. The van der Waals surface area contributed by atoms with Crippen LogP contribution in [-0.4, -0.2) is 24.0 Å². The first-order valence-electron chi connectivity index (χ1n) is 9.85. The van der Waals surface area contributed by atoms with Gasteiger partial charge < -0.3 is 10.1 Å². The number of rotatable bonds is 6. The van der Waals surface area contributed by atoms with Gasteiger partial charge in [-0.1, -0.05) is 31.2 Å². The maximum Gasteiger partial charge on any atom is 0.257 e. The van der Waals surface area contributed by atoms with E-state index in [1.54, 1.807) is 13.3 Å². The van der Waals surface area contributed by atoms with E-state index in [4.69, 9.17) is 4.74 Å². The van der Waals surface area contributed by atoms with Crippen LogP contribution in [-0.2, 0) is 13.0 Å². The summed E-state index contributed by atoms with van der Waals surface area (Å²) in [6, 6.07) is 19.0. The first kappa shape index (κ1) is 21.0. The zero-order chi connectivity index (χ0) is 21.3. The number of hydrogen-bond acceptors (Lipinski definition) is 4. The zero-order valence-electron chi connectivity index (χ0n) is 17.5. The Morgan fingerprint density at radius 3 is 2.57 bits per heavy atom. The lowest BCUT2D eigenvalue weighted by atomic mass is 10.1. The average Bonchev–Trinajstić information content (AvgIpc) is 2.78. The zero-order valence-corrected chi connectivity index (χ0v) is 17.5. The van der Waals surface area contributed by atoms with E-state index in [1.165, 1.54) is 5.56 Å². The monoisotopic (exact) mass is 402 g/mol. The third kappa shape index (κ3) is 5.67. The summed E-state index contributed by atoms with van der Waals surface area (Å²) in [5.41, 5.74) is 4.33. The second kappa shape index (κ2) is 10.2. The molecule has 0 spiro atoms. The number of benzene rings is 2. The SMILES string of the molecule is CCc1ccc(C(=O)NC(=NCc2ccccn2)Nc2cc(C)ccc2OC)cc1. The molecule has 0 fully saturated rings. The molecule has 0 aliphatic heterocycles. The van der Waals surface area contributed by atoms with Gasteiger partial charge >= 0.3 is 0 Å². The maximum atomic E-state index is 12.8. The molecule has 2 aromatic carbocycles. The van der Waals surface area contributed by atoms with Crippen LogP contribution in [0.5, 0.6) is 5.75 Å². The van der Waals surface area contributed by atoms with E-state index in [0.717, 1.165) is 23.4 Å². The van der Waals surface area contributed by atoms with Crippen LogP contribution < -0.4 is 15.4 Å². The summed E-state index contributed by atoms with van der Waals surface area (Å²) in [6.45, 7) is 4.40. The van der Waals surface area contributed by atoms with Crippen LogP contribution in [0.4, 0.5) is 5.69 Å². The summed E-state index contributed by atoms with van der Waals surface area (Å²) in [5, 5.41) is 6.08. The Morgan fingerprint density at radius 2 is 1.90 bits per heavy atom. The quantitative estimate of drug-likeness (QED) is 0.475. The number of guanidine groups is 1. The molecule has 3 aromatic rings. The van der Waals surface area contributed by atoms with E-state index in [2.05, 4.69) is 27.5 Å². The van der Waals surface area contributed by atoms with Gasteiger partial charge in [0.15, 0.2) is 0 Å². The van der Waals surface area contributed by atoms with Crippen molar-refractivity contribution in [3.63, 3.8) is 0 Å². The van der Waals surface area contributed by atoms with Gasteiger partial charge in [-0.2, -0.15) is 0 Å². The molecule has 6 nitrogen and oxygen atoms in total. The Labute approximate surface area is 177 Å². The van der Waals surface area contributed by atoms with Crippen molar-refractivity contribution in [1.29, 1.82) is 0 Å². The van der Waals surface area contributed by atoms with Crippen molar-refractivity contribution in [2.75, 3.05) is 12.4 Å². The molecule has 2 N–H and O–H groups in total. The van der Waals surface area contributed by atoms with Crippen LogP contribution in [0.3, 0.4) is 0 Å². The molecule has 154 valence electrons. The summed E-state index contributed by atoms with van der Waals surface area (Å²) in [4.78, 5) is 21.6. The lowest BCUT2D eigenvalue weighted by molar-refractivity contribution is 0.0977. The van der Waals surface area contributed by atoms with E-state index in [9.17, 15) is 4.79 Å². The Bertz CT molecular complexity index is 1020. The van der Waals surface area contributed by atoms with Crippen LogP contribution >= 0.6 is 0 Å². The number of ether oxygens (including phenoxy) is 1. The number of carbonyl (C=O) groups excluding carboxylic acids is 1. The third-order valence-corrected chi connectivity index (χ3v) is 4.59. The highest BCUT2D eigenvalue weighted by molar-refractivity contribution is 6.10. The fourth-order valence-electron chi connectivity index (χ4n) is 2.88. The fraction of sp³-hybridized carbons (Fsp3) is 0.208. The predicted octanol–water partition coefficient (Wildman–Crippen LogP) is 4.36. The number of hydrogen-bond donors (Lipinski definition) is 2. The lowest BCUT2D eigenvalue weighted by Crippen LogP contribution is -2.36. The van der Waals surface area contributed by atoms with Crippen LogP contribution in [0.2, 0.25) is 0 Å². The summed E-state index contributed by atoms with van der Waals surface area (Å²) < 4.78 is 5.44. The Morgan fingerprint density at radius 1 is 1.10 bits per heavy atom. The second-order valence-electron chi connectivity index (χ2n) is 6.82. The van der Waals surface area contributed by atoms with Crippen molar-refractivity contribution in [3.05, 3.63) is 89.2 Å². The first-order chi connectivity index (χ1) is 14.6. The summed E-state index contributed by atoms with van der Waals surface area (Å²) in [5.74, 6) is 0.748. The molecule has 0 aliphatic rings. The van der Waals surface area contributed by atoms with E-state index in [1.807, 2.05) is 67.6 Å². The maximum absolute atomic E-state index is 12.8. The van der Waals surface area contributed by atoms with Gasteiger partial charge in [0.2, 0.25) is 5.96 Å². The summed E-state index contributed by atoms with van der Waals surface area (Å²) in [6.07, 6.45) is 2.64. The minimum absolute atomic E-state index is 0.239. The molecule has 3 rings (SSSR count). The number of anilines is 1. The largest absolute Gasteiger partial charge is 0.495 e. The number of nitrogens with one attached hydrogen (secondary N) is 2. The van der Waals surface area contributed by atoms with Gasteiger partial charge in [-0.05, 0) is 60.9 Å². The standard InChI is InChI=1S/C24H26N4O2/c1-4-18-9-11-19(12-10-18)23(29)28-24(26-16-20-7-5-6-14-25-20)27-21-15-17(2)8-13-22(21)30-3/h5-15H,4,16H2,1-3H3,(H2,26,27,28,29). The van der Waals surface area contributed by atoms with E-state index in [-0.39, 0.29) is 5.91 Å². The first-order valence-corrected chi connectivity index (χ1v) is 9.85. The Hall–Kier alpha value is -3.67. The number of aryl methyl sites for hydroxylation is 2. The molecule has 0 radical (unpaired) electrons. The van der Waals surface area contributed by atoms with Gasteiger partial charge in [-0.25, -0.2) is 4.99 Å². The fourth-order valence-corrected chi connectivity index (χ4v) is 2.88. The average molecular weight is 402 g/mol. The molecule has 0 bridgehead atoms. The summed E-state index contributed by atoms with van der Waals surface area (Å²) in [7, 11) is 1.61. The molecule has 0 aliphatic carbocycles. The van der Waals surface area contributed by atoms with Crippen molar-refractivity contribution < 1.29 is 9.53 Å².